The summed E-state index contributed by atoms with van der Waals surface area (Å²) in [5, 5.41) is 17.3. The molecule has 26 heavy (non-hydrogen) atoms. The summed E-state index contributed by atoms with van der Waals surface area (Å²) < 4.78 is 0. The third kappa shape index (κ3) is 4.45. The minimum atomic E-state index is -0.263. The maximum absolute atomic E-state index is 11.8. The zero-order chi connectivity index (χ0) is 18.4. The monoisotopic (exact) mass is 368 g/mol. The van der Waals surface area contributed by atoms with Gasteiger partial charge in [-0.15, -0.1) is 11.3 Å². The SMILES string of the molecule is NC(c1ccccc1)c1csc(Nc2ccc(C(=O)NCCO)cc2)n1. The molecule has 1 unspecified atom stereocenters. The fraction of sp³-hybridized carbons (Fsp3) is 0.158. The molecule has 3 rings (SSSR count). The molecule has 1 atom stereocenters. The first kappa shape index (κ1) is 18.1. The second-order valence-electron chi connectivity index (χ2n) is 5.65. The molecule has 5 N–H and O–H groups in total. The first-order chi connectivity index (χ1) is 12.7. The van der Waals surface area contributed by atoms with Crippen molar-refractivity contribution in [3.8, 4) is 0 Å². The van der Waals surface area contributed by atoms with Crippen LogP contribution in [0.2, 0.25) is 0 Å². The fourth-order valence-corrected chi connectivity index (χ4v) is 3.18. The van der Waals surface area contributed by atoms with Gasteiger partial charge in [-0.1, -0.05) is 30.3 Å². The van der Waals surface area contributed by atoms with Crippen molar-refractivity contribution in [1.82, 2.24) is 10.3 Å². The van der Waals surface area contributed by atoms with Crippen LogP contribution in [0.3, 0.4) is 0 Å². The van der Waals surface area contributed by atoms with Crippen molar-refractivity contribution >= 4 is 28.1 Å². The van der Waals surface area contributed by atoms with E-state index in [4.69, 9.17) is 10.8 Å². The molecular formula is C19H20N4O2S. The quantitative estimate of drug-likeness (QED) is 0.514. The summed E-state index contributed by atoms with van der Waals surface area (Å²) in [5.41, 5.74) is 9.46. The van der Waals surface area contributed by atoms with Crippen molar-refractivity contribution in [3.05, 3.63) is 76.8 Å². The molecule has 0 saturated carbocycles. The van der Waals surface area contributed by atoms with Gasteiger partial charge in [0.1, 0.15) is 0 Å². The van der Waals surface area contributed by atoms with Gasteiger partial charge in [-0.2, -0.15) is 0 Å². The lowest BCUT2D eigenvalue weighted by Crippen LogP contribution is -2.26. The smallest absolute Gasteiger partial charge is 0.251 e. The topological polar surface area (TPSA) is 100 Å². The van der Waals surface area contributed by atoms with Crippen molar-refractivity contribution in [2.75, 3.05) is 18.5 Å². The Labute approximate surface area is 155 Å². The first-order valence-corrected chi connectivity index (χ1v) is 9.07. The standard InChI is InChI=1S/C19H20N4O2S/c20-17(13-4-2-1-3-5-13)16-12-26-19(23-16)22-15-8-6-14(7-9-15)18(25)21-10-11-24/h1-9,12,17,24H,10-11,20H2,(H,21,25)(H,22,23). The van der Waals surface area contributed by atoms with E-state index in [1.807, 2.05) is 47.8 Å². The van der Waals surface area contributed by atoms with Crippen molar-refractivity contribution in [2.24, 2.45) is 5.73 Å². The van der Waals surface area contributed by atoms with Gasteiger partial charge in [-0.3, -0.25) is 4.79 Å². The second kappa shape index (κ2) is 8.57. The van der Waals surface area contributed by atoms with E-state index >= 15 is 0 Å². The van der Waals surface area contributed by atoms with Crippen LogP contribution in [0.5, 0.6) is 0 Å². The number of nitrogens with zero attached hydrogens (tertiary/aromatic N) is 1. The van der Waals surface area contributed by atoms with Crippen LogP contribution < -0.4 is 16.4 Å². The molecule has 0 radical (unpaired) electrons. The Morgan fingerprint density at radius 2 is 1.88 bits per heavy atom. The number of hydrogen-bond acceptors (Lipinski definition) is 6. The van der Waals surface area contributed by atoms with E-state index in [0.29, 0.717) is 5.56 Å². The Kier molecular flexibility index (Phi) is 5.96. The molecule has 0 aliphatic heterocycles. The Bertz CT molecular complexity index is 849. The zero-order valence-electron chi connectivity index (χ0n) is 14.1. The number of rotatable bonds is 7. The van der Waals surface area contributed by atoms with Gasteiger partial charge in [0.25, 0.3) is 5.91 Å². The predicted molar refractivity (Wildman–Crippen MR) is 104 cm³/mol. The molecule has 1 heterocycles. The Hall–Kier alpha value is -2.74. The summed E-state index contributed by atoms with van der Waals surface area (Å²) in [4.78, 5) is 16.4. The number of thiazole rings is 1. The van der Waals surface area contributed by atoms with Gasteiger partial charge in [-0.05, 0) is 29.8 Å². The van der Waals surface area contributed by atoms with Gasteiger partial charge in [0.05, 0.1) is 18.3 Å². The van der Waals surface area contributed by atoms with Crippen molar-refractivity contribution in [3.63, 3.8) is 0 Å². The third-order valence-corrected chi connectivity index (χ3v) is 4.57. The largest absolute Gasteiger partial charge is 0.395 e. The maximum Gasteiger partial charge on any atom is 0.251 e. The van der Waals surface area contributed by atoms with Crippen molar-refractivity contribution < 1.29 is 9.90 Å². The van der Waals surface area contributed by atoms with E-state index in [-0.39, 0.29) is 25.1 Å². The highest BCUT2D eigenvalue weighted by Crippen LogP contribution is 2.26. The second-order valence-corrected chi connectivity index (χ2v) is 6.51. The number of anilines is 2. The number of aliphatic hydroxyl groups is 1. The number of carbonyl (C=O) groups excluding carboxylic acids is 1. The number of aliphatic hydroxyl groups excluding tert-OH is 1. The summed E-state index contributed by atoms with van der Waals surface area (Å²) in [6.45, 7) is 0.158. The van der Waals surface area contributed by atoms with Crippen LogP contribution in [0, 0.1) is 0 Å². The van der Waals surface area contributed by atoms with Crippen molar-refractivity contribution in [1.29, 1.82) is 0 Å². The highest BCUT2D eigenvalue weighted by Gasteiger charge is 2.13. The molecule has 1 amide bonds. The first-order valence-electron chi connectivity index (χ1n) is 8.19. The molecule has 0 spiro atoms. The normalized spacial score (nSPS) is 11.8. The molecule has 0 saturated heterocycles. The maximum atomic E-state index is 11.8. The van der Waals surface area contributed by atoms with E-state index < -0.39 is 0 Å². The van der Waals surface area contributed by atoms with Gasteiger partial charge in [0, 0.05) is 23.2 Å². The molecule has 7 heteroatoms. The average molecular weight is 368 g/mol. The van der Waals surface area contributed by atoms with Crippen LogP contribution in [0.15, 0.2) is 60.0 Å². The lowest BCUT2D eigenvalue weighted by atomic mass is 10.1. The van der Waals surface area contributed by atoms with E-state index in [9.17, 15) is 4.79 Å². The van der Waals surface area contributed by atoms with Gasteiger partial charge < -0.3 is 21.5 Å². The van der Waals surface area contributed by atoms with Gasteiger partial charge in [0.15, 0.2) is 5.13 Å². The highest BCUT2D eigenvalue weighted by molar-refractivity contribution is 7.13. The number of nitrogens with two attached hydrogens (primary N) is 1. The minimum Gasteiger partial charge on any atom is -0.395 e. The van der Waals surface area contributed by atoms with E-state index in [1.54, 1.807) is 12.1 Å². The average Bonchev–Trinajstić information content (AvgIpc) is 3.15. The molecule has 1 aromatic heterocycles. The molecule has 0 aliphatic rings. The molecule has 2 aromatic carbocycles. The van der Waals surface area contributed by atoms with Crippen LogP contribution in [0.1, 0.15) is 27.7 Å². The number of nitrogens with one attached hydrogen (secondary N) is 2. The fourth-order valence-electron chi connectivity index (χ4n) is 2.42. The molecule has 0 aliphatic carbocycles. The van der Waals surface area contributed by atoms with Crippen LogP contribution in [-0.2, 0) is 0 Å². The van der Waals surface area contributed by atoms with Crippen LogP contribution >= 0.6 is 11.3 Å². The van der Waals surface area contributed by atoms with Crippen LogP contribution in [-0.4, -0.2) is 29.1 Å². The van der Waals surface area contributed by atoms with Gasteiger partial charge in [-0.25, -0.2) is 4.98 Å². The summed E-state index contributed by atoms with van der Waals surface area (Å²) in [5.74, 6) is -0.212. The van der Waals surface area contributed by atoms with E-state index in [2.05, 4.69) is 15.6 Å². The van der Waals surface area contributed by atoms with Crippen LogP contribution in [0.25, 0.3) is 0 Å². The van der Waals surface area contributed by atoms with E-state index in [1.165, 1.54) is 11.3 Å². The zero-order valence-corrected chi connectivity index (χ0v) is 14.9. The van der Waals surface area contributed by atoms with Crippen molar-refractivity contribution in [2.45, 2.75) is 6.04 Å². The predicted octanol–water partition coefficient (Wildman–Crippen LogP) is 2.66. The minimum absolute atomic E-state index is 0.0805. The number of hydrogen-bond donors (Lipinski definition) is 4. The van der Waals surface area contributed by atoms with Gasteiger partial charge in [0.2, 0.25) is 0 Å². The summed E-state index contributed by atoms with van der Waals surface area (Å²) in [6, 6.07) is 16.6. The lowest BCUT2D eigenvalue weighted by molar-refractivity contribution is 0.0945. The molecule has 134 valence electrons. The Morgan fingerprint density at radius 1 is 1.15 bits per heavy atom. The summed E-state index contributed by atoms with van der Waals surface area (Å²) in [7, 11) is 0. The molecular weight excluding hydrogens is 348 g/mol. The molecule has 0 fully saturated rings. The lowest BCUT2D eigenvalue weighted by Gasteiger charge is -2.09. The Balaban J connectivity index is 1.65. The van der Waals surface area contributed by atoms with Crippen LogP contribution in [0.4, 0.5) is 10.8 Å². The molecule has 0 bridgehead atoms. The number of carbonyl (C=O) groups is 1. The molecule has 6 nitrogen and oxygen atoms in total. The Morgan fingerprint density at radius 3 is 2.58 bits per heavy atom. The molecule has 3 aromatic rings. The third-order valence-electron chi connectivity index (χ3n) is 3.79. The van der Waals surface area contributed by atoms with Gasteiger partial charge >= 0.3 is 0 Å². The summed E-state index contributed by atoms with van der Waals surface area (Å²) >= 11 is 1.48. The number of benzene rings is 2. The van der Waals surface area contributed by atoms with E-state index in [0.717, 1.165) is 22.1 Å². The number of aromatic nitrogens is 1. The summed E-state index contributed by atoms with van der Waals surface area (Å²) in [6.07, 6.45) is 0. The highest BCUT2D eigenvalue weighted by atomic mass is 32.1. The number of amides is 1.